The highest BCUT2D eigenvalue weighted by molar-refractivity contribution is 8.00. The first-order valence-electron chi connectivity index (χ1n) is 10.1. The number of thioether (sulfide) groups is 1. The maximum absolute atomic E-state index is 13.4. The monoisotopic (exact) mass is 436 g/mol. The van der Waals surface area contributed by atoms with Gasteiger partial charge in [-0.2, -0.15) is 11.3 Å². The number of amides is 2. The Labute approximate surface area is 185 Å². The number of nitrogens with zero attached hydrogens (tertiary/aromatic N) is 1. The van der Waals surface area contributed by atoms with Crippen LogP contribution in [0.3, 0.4) is 0 Å². The molecule has 0 spiro atoms. The zero-order valence-electron chi connectivity index (χ0n) is 16.6. The van der Waals surface area contributed by atoms with Crippen LogP contribution in [-0.4, -0.2) is 35.8 Å². The van der Waals surface area contributed by atoms with E-state index in [0.717, 1.165) is 23.3 Å². The van der Waals surface area contributed by atoms with E-state index in [1.807, 2.05) is 82.4 Å². The van der Waals surface area contributed by atoms with Crippen LogP contribution in [0.15, 0.2) is 82.4 Å². The van der Waals surface area contributed by atoms with Crippen LogP contribution in [0, 0.1) is 0 Å². The summed E-state index contributed by atoms with van der Waals surface area (Å²) in [6, 6.07) is 22.0. The fourth-order valence-corrected chi connectivity index (χ4v) is 5.36. The summed E-state index contributed by atoms with van der Waals surface area (Å²) in [7, 11) is 0. The summed E-state index contributed by atoms with van der Waals surface area (Å²) < 4.78 is 0. The summed E-state index contributed by atoms with van der Waals surface area (Å²) in [5.74, 6) is 0.112. The predicted octanol–water partition coefficient (Wildman–Crippen LogP) is 5.00. The van der Waals surface area contributed by atoms with Gasteiger partial charge in [-0.05, 0) is 42.0 Å². The molecule has 2 heterocycles. The third kappa shape index (κ3) is 5.12. The minimum absolute atomic E-state index is 0.0252. The second-order valence-corrected chi connectivity index (χ2v) is 9.27. The van der Waals surface area contributed by atoms with Gasteiger partial charge >= 0.3 is 0 Å². The zero-order valence-corrected chi connectivity index (χ0v) is 18.2. The van der Waals surface area contributed by atoms with Crippen molar-refractivity contribution in [1.82, 2.24) is 10.2 Å². The number of carbonyl (C=O) groups is 2. The van der Waals surface area contributed by atoms with Gasteiger partial charge in [-0.25, -0.2) is 0 Å². The number of piperidine rings is 1. The topological polar surface area (TPSA) is 49.4 Å². The Kier molecular flexibility index (Phi) is 6.87. The molecule has 1 N–H and O–H groups in total. The van der Waals surface area contributed by atoms with Crippen LogP contribution in [-0.2, 0) is 4.79 Å². The summed E-state index contributed by atoms with van der Waals surface area (Å²) in [6.07, 6.45) is 1.55. The number of likely N-dealkylation sites (tertiary alicyclic amines) is 1. The molecule has 1 unspecified atom stereocenters. The summed E-state index contributed by atoms with van der Waals surface area (Å²) >= 11 is 3.11. The molecule has 30 heavy (non-hydrogen) atoms. The molecular formula is C24H24N2O2S2. The average Bonchev–Trinajstić information content (AvgIpc) is 3.34. The molecule has 0 saturated carbocycles. The predicted molar refractivity (Wildman–Crippen MR) is 123 cm³/mol. The van der Waals surface area contributed by atoms with Crippen molar-refractivity contribution < 1.29 is 9.59 Å². The summed E-state index contributed by atoms with van der Waals surface area (Å²) in [5, 5.41) is 6.60. The van der Waals surface area contributed by atoms with Crippen LogP contribution >= 0.6 is 23.1 Å². The minimum Gasteiger partial charge on any atom is -0.349 e. The van der Waals surface area contributed by atoms with Crippen LogP contribution in [0.2, 0.25) is 0 Å². The van der Waals surface area contributed by atoms with Gasteiger partial charge < -0.3 is 10.2 Å². The van der Waals surface area contributed by atoms with Crippen molar-refractivity contribution in [1.29, 1.82) is 0 Å². The highest BCUT2D eigenvalue weighted by atomic mass is 32.2. The fourth-order valence-electron chi connectivity index (χ4n) is 3.60. The average molecular weight is 437 g/mol. The van der Waals surface area contributed by atoms with E-state index in [1.165, 1.54) is 11.3 Å². The SMILES string of the molecule is O=C(NC1CCN(C(=O)C(Sc2ccccc2)c2ccccc2)CC1)c1ccsc1. The van der Waals surface area contributed by atoms with E-state index >= 15 is 0 Å². The molecule has 1 aliphatic heterocycles. The molecule has 1 atom stereocenters. The molecule has 0 aliphatic carbocycles. The molecule has 0 bridgehead atoms. The first-order valence-corrected chi connectivity index (χ1v) is 11.9. The number of nitrogens with one attached hydrogen (secondary N) is 1. The first-order chi connectivity index (χ1) is 14.7. The van der Waals surface area contributed by atoms with E-state index < -0.39 is 0 Å². The molecule has 6 heteroatoms. The van der Waals surface area contributed by atoms with Gasteiger partial charge in [0.1, 0.15) is 5.25 Å². The second kappa shape index (κ2) is 9.96. The Balaban J connectivity index is 1.40. The lowest BCUT2D eigenvalue weighted by atomic mass is 10.0. The number of hydrogen-bond donors (Lipinski definition) is 1. The van der Waals surface area contributed by atoms with Gasteiger partial charge in [0.25, 0.3) is 5.91 Å². The van der Waals surface area contributed by atoms with E-state index in [4.69, 9.17) is 0 Å². The lowest BCUT2D eigenvalue weighted by Gasteiger charge is -2.34. The minimum atomic E-state index is -0.273. The third-order valence-electron chi connectivity index (χ3n) is 5.25. The molecule has 1 fully saturated rings. The van der Waals surface area contributed by atoms with Crippen LogP contribution in [0.4, 0.5) is 0 Å². The molecule has 4 rings (SSSR count). The molecule has 2 amide bonds. The van der Waals surface area contributed by atoms with Gasteiger partial charge in [-0.3, -0.25) is 9.59 Å². The number of rotatable bonds is 6. The van der Waals surface area contributed by atoms with Gasteiger partial charge in [0.05, 0.1) is 0 Å². The van der Waals surface area contributed by atoms with Gasteiger partial charge in [0, 0.05) is 35.0 Å². The summed E-state index contributed by atoms with van der Waals surface area (Å²) in [6.45, 7) is 1.32. The Morgan fingerprint density at radius 2 is 1.63 bits per heavy atom. The number of carbonyl (C=O) groups excluding carboxylic acids is 2. The summed E-state index contributed by atoms with van der Waals surface area (Å²) in [5.41, 5.74) is 1.73. The van der Waals surface area contributed by atoms with Crippen molar-refractivity contribution in [2.45, 2.75) is 29.0 Å². The van der Waals surface area contributed by atoms with E-state index in [-0.39, 0.29) is 23.1 Å². The van der Waals surface area contributed by atoms with Crippen molar-refractivity contribution in [2.75, 3.05) is 13.1 Å². The molecule has 1 aliphatic rings. The fraction of sp³-hybridized carbons (Fsp3) is 0.250. The highest BCUT2D eigenvalue weighted by Gasteiger charge is 2.30. The van der Waals surface area contributed by atoms with Crippen LogP contribution < -0.4 is 5.32 Å². The number of hydrogen-bond acceptors (Lipinski definition) is 4. The van der Waals surface area contributed by atoms with Crippen LogP contribution in [0.25, 0.3) is 0 Å². The van der Waals surface area contributed by atoms with Gasteiger partial charge in [0.2, 0.25) is 5.91 Å². The molecule has 0 radical (unpaired) electrons. The Morgan fingerprint density at radius 1 is 0.967 bits per heavy atom. The Bertz CT molecular complexity index is 953. The maximum atomic E-state index is 13.4. The quantitative estimate of drug-likeness (QED) is 0.553. The highest BCUT2D eigenvalue weighted by Crippen LogP contribution is 2.37. The van der Waals surface area contributed by atoms with Crippen molar-refractivity contribution in [3.05, 3.63) is 88.6 Å². The van der Waals surface area contributed by atoms with Crippen molar-refractivity contribution in [3.8, 4) is 0 Å². The summed E-state index contributed by atoms with van der Waals surface area (Å²) in [4.78, 5) is 28.8. The Hall–Kier alpha value is -2.57. The smallest absolute Gasteiger partial charge is 0.252 e. The zero-order chi connectivity index (χ0) is 20.8. The lowest BCUT2D eigenvalue weighted by Crippen LogP contribution is -2.47. The van der Waals surface area contributed by atoms with Gasteiger partial charge in [0.15, 0.2) is 0 Å². The first kappa shape index (κ1) is 20.7. The maximum Gasteiger partial charge on any atom is 0.252 e. The molecule has 2 aromatic carbocycles. The standard InChI is InChI=1S/C24H24N2O2S2/c27-23(19-13-16-29-17-19)25-20-11-14-26(15-12-20)24(28)22(18-7-3-1-4-8-18)30-21-9-5-2-6-10-21/h1-10,13,16-17,20,22H,11-12,14-15H2,(H,25,27). The molecule has 3 aromatic rings. The van der Waals surface area contributed by atoms with E-state index in [1.54, 1.807) is 11.8 Å². The molecule has 4 nitrogen and oxygen atoms in total. The van der Waals surface area contributed by atoms with Crippen LogP contribution in [0.1, 0.15) is 34.0 Å². The van der Waals surface area contributed by atoms with Gasteiger partial charge in [-0.1, -0.05) is 48.5 Å². The van der Waals surface area contributed by atoms with Gasteiger partial charge in [-0.15, -0.1) is 11.8 Å². The molecule has 1 saturated heterocycles. The number of thiophene rings is 1. The Morgan fingerprint density at radius 3 is 2.27 bits per heavy atom. The van der Waals surface area contributed by atoms with E-state index in [2.05, 4.69) is 5.32 Å². The van der Waals surface area contributed by atoms with Crippen molar-refractivity contribution >= 4 is 34.9 Å². The molecule has 1 aromatic heterocycles. The van der Waals surface area contributed by atoms with Crippen molar-refractivity contribution in [3.63, 3.8) is 0 Å². The molecule has 154 valence electrons. The largest absolute Gasteiger partial charge is 0.349 e. The van der Waals surface area contributed by atoms with Crippen molar-refractivity contribution in [2.24, 2.45) is 0 Å². The molecular weight excluding hydrogens is 412 g/mol. The van der Waals surface area contributed by atoms with Crippen LogP contribution in [0.5, 0.6) is 0 Å². The lowest BCUT2D eigenvalue weighted by molar-refractivity contribution is -0.131. The van der Waals surface area contributed by atoms with E-state index in [0.29, 0.717) is 18.7 Å². The second-order valence-electron chi connectivity index (χ2n) is 7.31. The third-order valence-corrected chi connectivity index (χ3v) is 7.19. The normalized spacial score (nSPS) is 15.5. The van der Waals surface area contributed by atoms with E-state index in [9.17, 15) is 9.59 Å². The number of benzene rings is 2.